The highest BCUT2D eigenvalue weighted by Crippen LogP contribution is 2.44. The average molecular weight is 399 g/mol. The SMILES string of the molecule is CC(=O)N1N=C2/C(=C/c3ccc(Cl)cc3)CCC[C@H]2[C@H]1c1ccc(Cl)cc1. The van der Waals surface area contributed by atoms with Crippen molar-refractivity contribution in [2.75, 3.05) is 0 Å². The van der Waals surface area contributed by atoms with Crippen LogP contribution < -0.4 is 0 Å². The van der Waals surface area contributed by atoms with Gasteiger partial charge in [0.1, 0.15) is 0 Å². The second-order valence-electron chi connectivity index (χ2n) is 7.07. The summed E-state index contributed by atoms with van der Waals surface area (Å²) in [6, 6.07) is 15.5. The topological polar surface area (TPSA) is 32.7 Å². The van der Waals surface area contributed by atoms with Gasteiger partial charge in [-0.15, -0.1) is 0 Å². The van der Waals surface area contributed by atoms with E-state index < -0.39 is 0 Å². The van der Waals surface area contributed by atoms with Crippen molar-refractivity contribution in [3.05, 3.63) is 75.3 Å². The van der Waals surface area contributed by atoms with Crippen molar-refractivity contribution in [3.63, 3.8) is 0 Å². The molecule has 1 heterocycles. The predicted octanol–water partition coefficient (Wildman–Crippen LogP) is 6.14. The molecule has 2 aromatic carbocycles. The van der Waals surface area contributed by atoms with Crippen LogP contribution in [0.4, 0.5) is 0 Å². The zero-order valence-electron chi connectivity index (χ0n) is 15.0. The standard InChI is InChI=1S/C22H20Cl2N2O/c1-14(27)26-22(16-7-11-19(24)12-8-16)20-4-2-3-17(21(20)25-26)13-15-5-9-18(23)10-6-15/h5-13,20,22H,2-4H2,1H3/b17-13+/t20-,22-/m1/s1. The number of hydrogen-bond donors (Lipinski definition) is 0. The van der Waals surface area contributed by atoms with Crippen molar-refractivity contribution in [2.24, 2.45) is 11.0 Å². The summed E-state index contributed by atoms with van der Waals surface area (Å²) in [6.07, 6.45) is 5.24. The van der Waals surface area contributed by atoms with E-state index in [1.165, 1.54) is 5.57 Å². The van der Waals surface area contributed by atoms with Crippen LogP contribution in [0.1, 0.15) is 43.4 Å². The fourth-order valence-corrected chi connectivity index (χ4v) is 4.27. The molecular weight excluding hydrogens is 379 g/mol. The van der Waals surface area contributed by atoms with Crippen molar-refractivity contribution >= 4 is 40.9 Å². The first-order valence-corrected chi connectivity index (χ1v) is 9.89. The number of rotatable bonds is 2. The molecule has 0 bridgehead atoms. The summed E-state index contributed by atoms with van der Waals surface area (Å²) >= 11 is 12.0. The van der Waals surface area contributed by atoms with Gasteiger partial charge in [0.25, 0.3) is 0 Å². The van der Waals surface area contributed by atoms with Crippen LogP contribution in [0.2, 0.25) is 10.0 Å². The van der Waals surface area contributed by atoms with Gasteiger partial charge in [0.05, 0.1) is 11.8 Å². The third-order valence-electron chi connectivity index (χ3n) is 5.25. The number of carbonyl (C=O) groups is 1. The molecule has 1 aliphatic carbocycles. The lowest BCUT2D eigenvalue weighted by Crippen LogP contribution is -2.30. The Morgan fingerprint density at radius 1 is 1.07 bits per heavy atom. The second-order valence-corrected chi connectivity index (χ2v) is 7.94. The summed E-state index contributed by atoms with van der Waals surface area (Å²) in [6.45, 7) is 1.58. The van der Waals surface area contributed by atoms with Crippen molar-refractivity contribution in [2.45, 2.75) is 32.2 Å². The summed E-state index contributed by atoms with van der Waals surface area (Å²) in [5, 5.41) is 7.82. The highest BCUT2D eigenvalue weighted by Gasteiger charge is 2.42. The lowest BCUT2D eigenvalue weighted by Gasteiger charge is -2.29. The van der Waals surface area contributed by atoms with Gasteiger partial charge in [-0.1, -0.05) is 47.5 Å². The van der Waals surface area contributed by atoms with E-state index in [0.29, 0.717) is 5.02 Å². The molecule has 2 atom stereocenters. The van der Waals surface area contributed by atoms with Crippen molar-refractivity contribution < 1.29 is 4.79 Å². The van der Waals surface area contributed by atoms with Crippen molar-refractivity contribution in [1.82, 2.24) is 5.01 Å². The summed E-state index contributed by atoms with van der Waals surface area (Å²) in [5.41, 5.74) is 4.41. The van der Waals surface area contributed by atoms with Gasteiger partial charge in [-0.25, -0.2) is 5.01 Å². The Balaban J connectivity index is 1.72. The number of allylic oxidation sites excluding steroid dienone is 1. The van der Waals surface area contributed by atoms with Crippen molar-refractivity contribution in [3.8, 4) is 0 Å². The zero-order valence-corrected chi connectivity index (χ0v) is 16.5. The molecule has 5 heteroatoms. The van der Waals surface area contributed by atoms with E-state index in [2.05, 4.69) is 6.08 Å². The first kappa shape index (κ1) is 18.3. The van der Waals surface area contributed by atoms with Crippen LogP contribution in [0.3, 0.4) is 0 Å². The Hall–Kier alpha value is -2.10. The highest BCUT2D eigenvalue weighted by molar-refractivity contribution is 6.30. The fourth-order valence-electron chi connectivity index (χ4n) is 4.02. The molecule has 3 nitrogen and oxygen atoms in total. The van der Waals surface area contributed by atoms with Crippen LogP contribution in [-0.2, 0) is 4.79 Å². The third-order valence-corrected chi connectivity index (χ3v) is 5.75. The number of halogens is 2. The Kier molecular flexibility index (Phi) is 5.07. The van der Waals surface area contributed by atoms with E-state index >= 15 is 0 Å². The molecule has 2 aliphatic rings. The lowest BCUT2D eigenvalue weighted by atomic mass is 9.77. The van der Waals surface area contributed by atoms with Gasteiger partial charge in [0.2, 0.25) is 5.91 Å². The Labute approximate surface area is 169 Å². The Morgan fingerprint density at radius 2 is 1.70 bits per heavy atom. The number of hydrogen-bond acceptors (Lipinski definition) is 2. The van der Waals surface area contributed by atoms with E-state index in [1.54, 1.807) is 11.9 Å². The molecule has 4 rings (SSSR count). The maximum Gasteiger partial charge on any atom is 0.240 e. The first-order valence-electron chi connectivity index (χ1n) is 9.13. The number of hydrazone groups is 1. The van der Waals surface area contributed by atoms with Crippen LogP contribution in [-0.4, -0.2) is 16.6 Å². The first-order chi connectivity index (χ1) is 13.0. The van der Waals surface area contributed by atoms with Gasteiger partial charge in [-0.05, 0) is 66.3 Å². The molecule has 1 amide bonds. The fraction of sp³-hybridized carbons (Fsp3) is 0.273. The summed E-state index contributed by atoms with van der Waals surface area (Å²) < 4.78 is 0. The van der Waals surface area contributed by atoms with Crippen LogP contribution in [0.25, 0.3) is 6.08 Å². The summed E-state index contributed by atoms with van der Waals surface area (Å²) in [5.74, 6) is 0.171. The van der Waals surface area contributed by atoms with Gasteiger partial charge in [0, 0.05) is 22.9 Å². The molecule has 1 aliphatic heterocycles. The molecule has 0 saturated heterocycles. The molecule has 1 saturated carbocycles. The molecule has 0 radical (unpaired) electrons. The number of nitrogens with zero attached hydrogens (tertiary/aromatic N) is 2. The third kappa shape index (κ3) is 3.67. The smallest absolute Gasteiger partial charge is 0.240 e. The Bertz CT molecular complexity index is 916. The Morgan fingerprint density at radius 3 is 2.33 bits per heavy atom. The molecule has 0 unspecified atom stereocenters. The minimum Gasteiger partial charge on any atom is -0.273 e. The molecule has 27 heavy (non-hydrogen) atoms. The van der Waals surface area contributed by atoms with Crippen LogP contribution in [0, 0.1) is 5.92 Å². The molecule has 2 aromatic rings. The molecular formula is C22H20Cl2N2O. The van der Waals surface area contributed by atoms with Gasteiger partial charge in [-0.2, -0.15) is 5.10 Å². The van der Waals surface area contributed by atoms with Crippen molar-refractivity contribution in [1.29, 1.82) is 0 Å². The maximum absolute atomic E-state index is 12.3. The quantitative estimate of drug-likeness (QED) is 0.597. The van der Waals surface area contributed by atoms with Gasteiger partial charge >= 0.3 is 0 Å². The van der Waals surface area contributed by atoms with Crippen LogP contribution in [0.15, 0.2) is 59.2 Å². The molecule has 138 valence electrons. The number of carbonyl (C=O) groups excluding carboxylic acids is 1. The molecule has 0 spiro atoms. The number of fused-ring (bicyclic) bond motifs is 1. The predicted molar refractivity (Wildman–Crippen MR) is 111 cm³/mol. The highest BCUT2D eigenvalue weighted by atomic mass is 35.5. The normalized spacial score (nSPS) is 23.3. The molecule has 1 fully saturated rings. The minimum atomic E-state index is -0.0660. The van der Waals surface area contributed by atoms with E-state index in [-0.39, 0.29) is 17.9 Å². The maximum atomic E-state index is 12.3. The largest absolute Gasteiger partial charge is 0.273 e. The van der Waals surface area contributed by atoms with E-state index in [1.807, 2.05) is 48.5 Å². The van der Waals surface area contributed by atoms with E-state index in [4.69, 9.17) is 28.3 Å². The molecule has 0 N–H and O–H groups in total. The van der Waals surface area contributed by atoms with Crippen LogP contribution in [0.5, 0.6) is 0 Å². The summed E-state index contributed by atoms with van der Waals surface area (Å²) in [7, 11) is 0. The lowest BCUT2D eigenvalue weighted by molar-refractivity contribution is -0.131. The zero-order chi connectivity index (χ0) is 19.0. The van der Waals surface area contributed by atoms with Crippen LogP contribution >= 0.6 is 23.2 Å². The number of amides is 1. The minimum absolute atomic E-state index is 0.0392. The van der Waals surface area contributed by atoms with E-state index in [0.717, 1.165) is 41.1 Å². The second kappa shape index (κ2) is 7.49. The van der Waals surface area contributed by atoms with Gasteiger partial charge < -0.3 is 0 Å². The number of benzene rings is 2. The van der Waals surface area contributed by atoms with E-state index in [9.17, 15) is 4.79 Å². The summed E-state index contributed by atoms with van der Waals surface area (Å²) in [4.78, 5) is 12.3. The van der Waals surface area contributed by atoms with Gasteiger partial charge in [-0.3, -0.25) is 4.79 Å². The van der Waals surface area contributed by atoms with Gasteiger partial charge in [0.15, 0.2) is 0 Å². The average Bonchev–Trinajstić information content (AvgIpc) is 3.05. The molecule has 0 aromatic heterocycles. The monoisotopic (exact) mass is 398 g/mol.